The zero-order valence-electron chi connectivity index (χ0n) is 18.1. The average Bonchev–Trinajstić information content (AvgIpc) is 3.21. The van der Waals surface area contributed by atoms with Gasteiger partial charge in [0.1, 0.15) is 5.82 Å². The highest BCUT2D eigenvalue weighted by molar-refractivity contribution is 5.46. The lowest BCUT2D eigenvalue weighted by molar-refractivity contribution is 0.191. The SMILES string of the molecule is Cc1ccc([C@@H](c2nnnn2C(C)(C)C)N2CCN(c3ccc(F)cc3)CC2)cc1. The number of aromatic nitrogens is 4. The van der Waals surface area contributed by atoms with Gasteiger partial charge in [-0.25, -0.2) is 9.07 Å². The van der Waals surface area contributed by atoms with Crippen molar-refractivity contribution < 1.29 is 4.39 Å². The molecule has 1 fully saturated rings. The van der Waals surface area contributed by atoms with Crippen LogP contribution >= 0.6 is 0 Å². The maximum Gasteiger partial charge on any atom is 0.173 e. The molecule has 158 valence electrons. The Morgan fingerprint density at radius 3 is 2.13 bits per heavy atom. The molecule has 0 spiro atoms. The molecule has 6 nitrogen and oxygen atoms in total. The van der Waals surface area contributed by atoms with Crippen LogP contribution in [0.25, 0.3) is 0 Å². The van der Waals surface area contributed by atoms with Gasteiger partial charge in [0.2, 0.25) is 0 Å². The Labute approximate surface area is 177 Å². The van der Waals surface area contributed by atoms with E-state index in [1.54, 1.807) is 0 Å². The number of rotatable bonds is 4. The molecule has 2 heterocycles. The van der Waals surface area contributed by atoms with E-state index >= 15 is 0 Å². The van der Waals surface area contributed by atoms with Gasteiger partial charge in [0.25, 0.3) is 0 Å². The standard InChI is InChI=1S/C23H29FN6/c1-17-5-7-18(8-6-17)21(22-25-26-27-30(22)23(2,3)4)29-15-13-28(14-16-29)20-11-9-19(24)10-12-20/h5-12,21H,13-16H2,1-4H3/t21-/m0/s1. The molecular formula is C23H29FN6. The first-order valence-electron chi connectivity index (χ1n) is 10.4. The Hall–Kier alpha value is -2.80. The van der Waals surface area contributed by atoms with E-state index in [0.29, 0.717) is 0 Å². The molecule has 2 aromatic carbocycles. The number of halogens is 1. The lowest BCUT2D eigenvalue weighted by atomic mass is 10.0. The summed E-state index contributed by atoms with van der Waals surface area (Å²) in [6.07, 6.45) is 0. The van der Waals surface area contributed by atoms with E-state index in [4.69, 9.17) is 0 Å². The predicted octanol–water partition coefficient (Wildman–Crippen LogP) is 3.79. The molecule has 0 radical (unpaired) electrons. The maximum atomic E-state index is 13.3. The minimum atomic E-state index is -0.211. The number of piperazine rings is 1. The number of benzene rings is 2. The van der Waals surface area contributed by atoms with Crippen LogP contribution in [0.4, 0.5) is 10.1 Å². The third kappa shape index (κ3) is 4.21. The van der Waals surface area contributed by atoms with E-state index in [-0.39, 0.29) is 17.4 Å². The smallest absolute Gasteiger partial charge is 0.173 e. The molecule has 1 aliphatic heterocycles. The van der Waals surface area contributed by atoms with Crippen LogP contribution in [0.1, 0.15) is 43.8 Å². The maximum absolute atomic E-state index is 13.3. The summed E-state index contributed by atoms with van der Waals surface area (Å²) >= 11 is 0. The minimum Gasteiger partial charge on any atom is -0.369 e. The average molecular weight is 409 g/mol. The summed E-state index contributed by atoms with van der Waals surface area (Å²) in [7, 11) is 0. The monoisotopic (exact) mass is 408 g/mol. The number of hydrogen-bond donors (Lipinski definition) is 0. The Bertz CT molecular complexity index is 966. The molecule has 7 heteroatoms. The molecule has 1 aliphatic rings. The summed E-state index contributed by atoms with van der Waals surface area (Å²) in [6.45, 7) is 11.9. The first-order chi connectivity index (χ1) is 14.3. The summed E-state index contributed by atoms with van der Waals surface area (Å²) in [5.41, 5.74) is 3.27. The zero-order chi connectivity index (χ0) is 21.3. The molecule has 1 aromatic heterocycles. The van der Waals surface area contributed by atoms with E-state index in [0.717, 1.165) is 37.7 Å². The Kier molecular flexibility index (Phi) is 5.56. The van der Waals surface area contributed by atoms with Crippen molar-refractivity contribution in [2.24, 2.45) is 0 Å². The van der Waals surface area contributed by atoms with Crippen molar-refractivity contribution in [1.29, 1.82) is 0 Å². The van der Waals surface area contributed by atoms with Gasteiger partial charge in [-0.2, -0.15) is 0 Å². The second-order valence-electron chi connectivity index (χ2n) is 8.93. The molecule has 0 saturated carbocycles. The van der Waals surface area contributed by atoms with Crippen molar-refractivity contribution in [2.75, 3.05) is 31.1 Å². The quantitative estimate of drug-likeness (QED) is 0.657. The molecular weight excluding hydrogens is 379 g/mol. The third-order valence-electron chi connectivity index (χ3n) is 5.64. The first kappa shape index (κ1) is 20.5. The zero-order valence-corrected chi connectivity index (χ0v) is 18.1. The van der Waals surface area contributed by atoms with Crippen molar-refractivity contribution in [1.82, 2.24) is 25.1 Å². The number of aryl methyl sites for hydroxylation is 1. The number of tetrazole rings is 1. The van der Waals surface area contributed by atoms with Crippen LogP contribution in [0, 0.1) is 12.7 Å². The van der Waals surface area contributed by atoms with E-state index < -0.39 is 0 Å². The normalized spacial score (nSPS) is 16.6. The van der Waals surface area contributed by atoms with Crippen LogP contribution in [0.3, 0.4) is 0 Å². The van der Waals surface area contributed by atoms with Crippen molar-refractivity contribution in [3.63, 3.8) is 0 Å². The fourth-order valence-corrected chi connectivity index (χ4v) is 4.00. The van der Waals surface area contributed by atoms with Crippen molar-refractivity contribution in [3.8, 4) is 0 Å². The van der Waals surface area contributed by atoms with Crippen molar-refractivity contribution in [2.45, 2.75) is 39.3 Å². The van der Waals surface area contributed by atoms with Gasteiger partial charge in [0, 0.05) is 31.9 Å². The molecule has 0 N–H and O–H groups in total. The Morgan fingerprint density at radius 2 is 1.53 bits per heavy atom. The molecule has 0 unspecified atom stereocenters. The fraction of sp³-hybridized carbons (Fsp3) is 0.435. The van der Waals surface area contributed by atoms with Crippen LogP contribution in [0.5, 0.6) is 0 Å². The lowest BCUT2D eigenvalue weighted by Gasteiger charge is -2.40. The van der Waals surface area contributed by atoms with Crippen molar-refractivity contribution >= 4 is 5.69 Å². The molecule has 1 saturated heterocycles. The van der Waals surface area contributed by atoms with Gasteiger partial charge in [0.15, 0.2) is 5.82 Å². The summed E-state index contributed by atoms with van der Waals surface area (Å²) in [5.74, 6) is 0.660. The van der Waals surface area contributed by atoms with Gasteiger partial charge in [-0.15, -0.1) is 5.10 Å². The lowest BCUT2D eigenvalue weighted by Crippen LogP contribution is -2.48. The Morgan fingerprint density at radius 1 is 0.900 bits per heavy atom. The first-order valence-corrected chi connectivity index (χ1v) is 10.4. The highest BCUT2D eigenvalue weighted by atomic mass is 19.1. The summed E-state index contributed by atoms with van der Waals surface area (Å²) in [5, 5.41) is 12.8. The van der Waals surface area contributed by atoms with Gasteiger partial charge >= 0.3 is 0 Å². The van der Waals surface area contributed by atoms with Crippen LogP contribution < -0.4 is 4.90 Å². The number of nitrogens with zero attached hydrogens (tertiary/aromatic N) is 6. The fourth-order valence-electron chi connectivity index (χ4n) is 4.00. The van der Waals surface area contributed by atoms with E-state index in [1.807, 2.05) is 16.8 Å². The second kappa shape index (κ2) is 8.14. The van der Waals surface area contributed by atoms with Crippen molar-refractivity contribution in [3.05, 3.63) is 71.3 Å². The van der Waals surface area contributed by atoms with Gasteiger partial charge in [-0.05, 0) is 68.0 Å². The predicted molar refractivity (Wildman–Crippen MR) is 116 cm³/mol. The number of hydrogen-bond acceptors (Lipinski definition) is 5. The van der Waals surface area contributed by atoms with E-state index in [2.05, 4.69) is 77.3 Å². The summed E-state index contributed by atoms with van der Waals surface area (Å²) in [6, 6.07) is 15.4. The minimum absolute atomic E-state index is 0.0183. The highest BCUT2D eigenvalue weighted by Gasteiger charge is 2.33. The van der Waals surface area contributed by atoms with Gasteiger partial charge in [-0.1, -0.05) is 29.8 Å². The Balaban J connectivity index is 1.62. The number of anilines is 1. The largest absolute Gasteiger partial charge is 0.369 e. The molecule has 3 aromatic rings. The topological polar surface area (TPSA) is 50.1 Å². The van der Waals surface area contributed by atoms with E-state index in [1.165, 1.54) is 23.3 Å². The van der Waals surface area contributed by atoms with E-state index in [9.17, 15) is 4.39 Å². The molecule has 30 heavy (non-hydrogen) atoms. The highest BCUT2D eigenvalue weighted by Crippen LogP contribution is 2.31. The molecule has 0 amide bonds. The second-order valence-corrected chi connectivity index (χ2v) is 8.93. The molecule has 0 aliphatic carbocycles. The third-order valence-corrected chi connectivity index (χ3v) is 5.64. The molecule has 4 rings (SSSR count). The van der Waals surface area contributed by atoms with Crippen LogP contribution in [0.2, 0.25) is 0 Å². The summed E-state index contributed by atoms with van der Waals surface area (Å²) in [4.78, 5) is 4.74. The molecule has 1 atom stereocenters. The van der Waals surface area contributed by atoms with Crippen LogP contribution in [0.15, 0.2) is 48.5 Å². The van der Waals surface area contributed by atoms with Gasteiger partial charge in [0.05, 0.1) is 11.6 Å². The van der Waals surface area contributed by atoms with Gasteiger partial charge < -0.3 is 4.90 Å². The summed E-state index contributed by atoms with van der Waals surface area (Å²) < 4.78 is 15.2. The van der Waals surface area contributed by atoms with Crippen LogP contribution in [-0.4, -0.2) is 51.3 Å². The molecule has 0 bridgehead atoms. The van der Waals surface area contributed by atoms with Gasteiger partial charge in [-0.3, -0.25) is 4.90 Å². The van der Waals surface area contributed by atoms with Crippen LogP contribution in [-0.2, 0) is 5.54 Å².